The number of hydrogen-bond donors (Lipinski definition) is 1. The maximum atomic E-state index is 12.1. The molecule has 0 fully saturated rings. The van der Waals surface area contributed by atoms with E-state index in [1.54, 1.807) is 11.3 Å². The van der Waals surface area contributed by atoms with Crippen molar-refractivity contribution in [2.75, 3.05) is 0 Å². The van der Waals surface area contributed by atoms with Crippen LogP contribution in [0.25, 0.3) is 11.0 Å². The molecule has 6 heteroatoms. The maximum absolute atomic E-state index is 12.1. The second-order valence-electron chi connectivity index (χ2n) is 5.04. The van der Waals surface area contributed by atoms with E-state index in [2.05, 4.69) is 22.4 Å². The fraction of sp³-hybridized carbons (Fsp3) is 0.312. The van der Waals surface area contributed by atoms with Gasteiger partial charge in [0.1, 0.15) is 5.69 Å². The van der Waals surface area contributed by atoms with Gasteiger partial charge in [0.15, 0.2) is 5.58 Å². The molecule has 0 aliphatic heterocycles. The van der Waals surface area contributed by atoms with Crippen LogP contribution >= 0.6 is 11.3 Å². The molecule has 3 aromatic rings. The Morgan fingerprint density at radius 1 is 1.32 bits per heavy atom. The predicted octanol–water partition coefficient (Wildman–Crippen LogP) is 3.01. The molecule has 0 spiro atoms. The molecule has 22 heavy (non-hydrogen) atoms. The van der Waals surface area contributed by atoms with Crippen LogP contribution < -0.4 is 5.32 Å². The zero-order chi connectivity index (χ0) is 15.5. The largest absolute Gasteiger partial charge is 0.356 e. The predicted molar refractivity (Wildman–Crippen MR) is 85.8 cm³/mol. The van der Waals surface area contributed by atoms with Crippen molar-refractivity contribution >= 4 is 28.2 Å². The van der Waals surface area contributed by atoms with Gasteiger partial charge in [-0.15, -0.1) is 11.3 Å². The molecule has 0 atom stereocenters. The Labute approximate surface area is 132 Å². The number of aryl methyl sites for hydroxylation is 2. The van der Waals surface area contributed by atoms with Crippen LogP contribution in [0.5, 0.6) is 0 Å². The minimum Gasteiger partial charge on any atom is -0.356 e. The van der Waals surface area contributed by atoms with Crippen LogP contribution in [-0.2, 0) is 24.2 Å². The molecular weight excluding hydrogens is 298 g/mol. The summed E-state index contributed by atoms with van der Waals surface area (Å²) in [4.78, 5) is 17.7. The second kappa shape index (κ2) is 6.27. The molecule has 0 radical (unpaired) electrons. The Kier molecular flexibility index (Phi) is 4.20. The summed E-state index contributed by atoms with van der Waals surface area (Å²) in [5.41, 5.74) is 2.44. The number of nitrogens with zero attached hydrogens (tertiary/aromatic N) is 2. The first-order valence-corrected chi connectivity index (χ1v) is 8.04. The molecule has 2 heterocycles. The van der Waals surface area contributed by atoms with Gasteiger partial charge in [0.2, 0.25) is 5.91 Å². The minimum atomic E-state index is -0.0628. The van der Waals surface area contributed by atoms with E-state index in [1.807, 2.05) is 31.2 Å². The number of amides is 1. The second-order valence-corrected chi connectivity index (χ2v) is 6.32. The number of thiazole rings is 1. The quantitative estimate of drug-likeness (QED) is 0.786. The number of carbonyl (C=O) groups is 1. The van der Waals surface area contributed by atoms with E-state index in [0.717, 1.165) is 27.4 Å². The van der Waals surface area contributed by atoms with Crippen LogP contribution in [0.1, 0.15) is 28.2 Å². The van der Waals surface area contributed by atoms with Crippen molar-refractivity contribution in [3.63, 3.8) is 0 Å². The van der Waals surface area contributed by atoms with E-state index in [4.69, 9.17) is 4.52 Å². The standard InChI is InChI=1S/C16H17N3O2S/c1-3-12-15(22-10(2)18-12)9-17-16(20)8-13-11-6-4-5-7-14(11)21-19-13/h4-7H,3,8-9H2,1-2H3,(H,17,20). The highest BCUT2D eigenvalue weighted by Crippen LogP contribution is 2.19. The molecular formula is C16H17N3O2S. The fourth-order valence-corrected chi connectivity index (χ4v) is 3.35. The van der Waals surface area contributed by atoms with E-state index in [0.29, 0.717) is 17.8 Å². The first kappa shape index (κ1) is 14.7. The SMILES string of the molecule is CCc1nc(C)sc1CNC(=O)Cc1noc2ccccc12. The lowest BCUT2D eigenvalue weighted by Gasteiger charge is -2.03. The Hall–Kier alpha value is -2.21. The normalized spacial score (nSPS) is 11.0. The number of fused-ring (bicyclic) bond motifs is 1. The van der Waals surface area contributed by atoms with Crippen molar-refractivity contribution in [1.82, 2.24) is 15.5 Å². The number of rotatable bonds is 5. The van der Waals surface area contributed by atoms with Crippen LogP contribution in [0.2, 0.25) is 0 Å². The summed E-state index contributed by atoms with van der Waals surface area (Å²) < 4.78 is 5.21. The monoisotopic (exact) mass is 315 g/mol. The van der Waals surface area contributed by atoms with Gasteiger partial charge in [-0.3, -0.25) is 4.79 Å². The highest BCUT2D eigenvalue weighted by molar-refractivity contribution is 7.11. The molecule has 1 N–H and O–H groups in total. The third kappa shape index (κ3) is 3.01. The lowest BCUT2D eigenvalue weighted by Crippen LogP contribution is -2.24. The third-order valence-electron chi connectivity index (χ3n) is 3.45. The molecule has 0 aliphatic rings. The van der Waals surface area contributed by atoms with Crippen LogP contribution in [0, 0.1) is 6.92 Å². The molecule has 0 unspecified atom stereocenters. The lowest BCUT2D eigenvalue weighted by atomic mass is 10.1. The number of hydrogen-bond acceptors (Lipinski definition) is 5. The Morgan fingerprint density at radius 3 is 2.95 bits per heavy atom. The summed E-state index contributed by atoms with van der Waals surface area (Å²) >= 11 is 1.63. The van der Waals surface area contributed by atoms with Gasteiger partial charge in [0.05, 0.1) is 23.7 Å². The van der Waals surface area contributed by atoms with E-state index in [1.165, 1.54) is 0 Å². The van der Waals surface area contributed by atoms with E-state index < -0.39 is 0 Å². The average Bonchev–Trinajstić information content (AvgIpc) is 3.09. The van der Waals surface area contributed by atoms with Crippen molar-refractivity contribution < 1.29 is 9.32 Å². The van der Waals surface area contributed by atoms with Gasteiger partial charge >= 0.3 is 0 Å². The summed E-state index contributed by atoms with van der Waals surface area (Å²) in [6, 6.07) is 7.55. The van der Waals surface area contributed by atoms with Crippen molar-refractivity contribution in [3.8, 4) is 0 Å². The molecule has 0 saturated carbocycles. The van der Waals surface area contributed by atoms with Gasteiger partial charge in [-0.25, -0.2) is 4.98 Å². The molecule has 1 aromatic carbocycles. The molecule has 2 aromatic heterocycles. The smallest absolute Gasteiger partial charge is 0.226 e. The molecule has 0 bridgehead atoms. The highest BCUT2D eigenvalue weighted by atomic mass is 32.1. The molecule has 1 amide bonds. The summed E-state index contributed by atoms with van der Waals surface area (Å²) in [6.07, 6.45) is 1.10. The molecule has 0 saturated heterocycles. The number of benzene rings is 1. The Bertz CT molecular complexity index is 807. The van der Waals surface area contributed by atoms with Crippen LogP contribution in [0.4, 0.5) is 0 Å². The van der Waals surface area contributed by atoms with Gasteiger partial charge in [0, 0.05) is 10.3 Å². The van der Waals surface area contributed by atoms with E-state index >= 15 is 0 Å². The van der Waals surface area contributed by atoms with Gasteiger partial charge in [0.25, 0.3) is 0 Å². The van der Waals surface area contributed by atoms with Crippen molar-refractivity contribution in [2.45, 2.75) is 33.2 Å². The highest BCUT2D eigenvalue weighted by Gasteiger charge is 2.13. The Balaban J connectivity index is 1.65. The van der Waals surface area contributed by atoms with Gasteiger partial charge < -0.3 is 9.84 Å². The average molecular weight is 315 g/mol. The number of carbonyl (C=O) groups excluding carboxylic acids is 1. The van der Waals surface area contributed by atoms with Crippen molar-refractivity contribution in [2.24, 2.45) is 0 Å². The first-order valence-electron chi connectivity index (χ1n) is 7.22. The molecule has 3 rings (SSSR count). The zero-order valence-corrected chi connectivity index (χ0v) is 13.4. The van der Waals surface area contributed by atoms with Crippen LogP contribution in [0.15, 0.2) is 28.8 Å². The summed E-state index contributed by atoms with van der Waals surface area (Å²) in [5, 5.41) is 8.84. The van der Waals surface area contributed by atoms with E-state index in [-0.39, 0.29) is 12.3 Å². The van der Waals surface area contributed by atoms with Crippen LogP contribution in [0.3, 0.4) is 0 Å². The van der Waals surface area contributed by atoms with Crippen molar-refractivity contribution in [1.29, 1.82) is 0 Å². The topological polar surface area (TPSA) is 68.0 Å². The summed E-state index contributed by atoms with van der Waals surface area (Å²) in [6.45, 7) is 4.57. The molecule has 114 valence electrons. The maximum Gasteiger partial charge on any atom is 0.226 e. The first-order chi connectivity index (χ1) is 10.7. The summed E-state index contributed by atoms with van der Waals surface area (Å²) in [7, 11) is 0. The third-order valence-corrected chi connectivity index (χ3v) is 4.46. The Morgan fingerprint density at radius 2 is 2.14 bits per heavy atom. The minimum absolute atomic E-state index is 0.0628. The van der Waals surface area contributed by atoms with Crippen LogP contribution in [-0.4, -0.2) is 16.0 Å². The number of nitrogens with one attached hydrogen (secondary N) is 1. The molecule has 5 nitrogen and oxygen atoms in total. The fourth-order valence-electron chi connectivity index (χ4n) is 2.39. The van der Waals surface area contributed by atoms with E-state index in [9.17, 15) is 4.79 Å². The number of para-hydroxylation sites is 1. The zero-order valence-electron chi connectivity index (χ0n) is 12.5. The molecule has 0 aliphatic carbocycles. The summed E-state index contributed by atoms with van der Waals surface area (Å²) in [5.74, 6) is -0.0628. The van der Waals surface area contributed by atoms with Gasteiger partial charge in [-0.1, -0.05) is 24.2 Å². The number of aromatic nitrogens is 2. The van der Waals surface area contributed by atoms with Gasteiger partial charge in [-0.05, 0) is 25.5 Å². The lowest BCUT2D eigenvalue weighted by molar-refractivity contribution is -0.120. The van der Waals surface area contributed by atoms with Crippen molar-refractivity contribution in [3.05, 3.63) is 45.5 Å². The van der Waals surface area contributed by atoms with Gasteiger partial charge in [-0.2, -0.15) is 0 Å².